The third-order valence-electron chi connectivity index (χ3n) is 6.68. The van der Waals surface area contributed by atoms with Gasteiger partial charge in [0, 0.05) is 26.9 Å². The first-order chi connectivity index (χ1) is 21.8. The van der Waals surface area contributed by atoms with Crippen molar-refractivity contribution < 1.29 is 14.4 Å². The molecule has 3 amide bonds. The average molecular weight is 632 g/mol. The maximum absolute atomic E-state index is 13.6. The van der Waals surface area contributed by atoms with Gasteiger partial charge in [-0.2, -0.15) is 0 Å². The van der Waals surface area contributed by atoms with E-state index in [-0.39, 0.29) is 11.6 Å². The Morgan fingerprint density at radius 1 is 0.711 bits per heavy atom. The van der Waals surface area contributed by atoms with E-state index in [2.05, 4.69) is 16.0 Å². The smallest absolute Gasteiger partial charge is 0.272 e. The van der Waals surface area contributed by atoms with Gasteiger partial charge in [-0.15, -0.1) is 11.8 Å². The zero-order valence-electron chi connectivity index (χ0n) is 24.4. The highest BCUT2D eigenvalue weighted by Crippen LogP contribution is 2.37. The molecule has 0 radical (unpaired) electrons. The molecule has 1 unspecified atom stereocenters. The quantitative estimate of drug-likeness (QED) is 0.106. The minimum atomic E-state index is -0.574. The molecule has 0 aliphatic carbocycles. The van der Waals surface area contributed by atoms with Crippen LogP contribution in [-0.4, -0.2) is 17.7 Å². The Hall–Kier alpha value is -5.11. The summed E-state index contributed by atoms with van der Waals surface area (Å²) in [5.74, 6) is -1.08. The predicted octanol–water partition coefficient (Wildman–Crippen LogP) is 8.53. The molecule has 224 valence electrons. The highest BCUT2D eigenvalue weighted by atomic mass is 35.5. The van der Waals surface area contributed by atoms with E-state index < -0.39 is 17.1 Å². The lowest BCUT2D eigenvalue weighted by atomic mass is 10.1. The highest BCUT2D eigenvalue weighted by Gasteiger charge is 2.23. The number of amides is 3. The van der Waals surface area contributed by atoms with Crippen LogP contribution in [0.3, 0.4) is 0 Å². The van der Waals surface area contributed by atoms with Gasteiger partial charge in [0.2, 0.25) is 5.91 Å². The van der Waals surface area contributed by atoms with E-state index in [4.69, 9.17) is 11.6 Å². The van der Waals surface area contributed by atoms with Gasteiger partial charge in [-0.1, -0.05) is 96.0 Å². The molecule has 0 saturated heterocycles. The summed E-state index contributed by atoms with van der Waals surface area (Å²) in [5.41, 5.74) is 4.30. The average Bonchev–Trinajstić information content (AvgIpc) is 3.05. The second-order valence-corrected chi connectivity index (χ2v) is 11.8. The molecule has 0 aromatic heterocycles. The molecule has 45 heavy (non-hydrogen) atoms. The molecule has 0 saturated carbocycles. The van der Waals surface area contributed by atoms with Crippen LogP contribution in [0.15, 0.2) is 144 Å². The van der Waals surface area contributed by atoms with Crippen LogP contribution in [0.4, 0.5) is 11.4 Å². The zero-order valence-corrected chi connectivity index (χ0v) is 25.9. The maximum Gasteiger partial charge on any atom is 0.272 e. The summed E-state index contributed by atoms with van der Waals surface area (Å²) in [4.78, 5) is 40.9. The van der Waals surface area contributed by atoms with Gasteiger partial charge in [0.05, 0.1) is 0 Å². The first-order valence-corrected chi connectivity index (χ1v) is 15.4. The Morgan fingerprint density at radius 2 is 1.40 bits per heavy atom. The Morgan fingerprint density at radius 3 is 2.11 bits per heavy atom. The van der Waals surface area contributed by atoms with Crippen molar-refractivity contribution in [2.75, 3.05) is 10.6 Å². The van der Waals surface area contributed by atoms with E-state index in [9.17, 15) is 14.4 Å². The van der Waals surface area contributed by atoms with Crippen LogP contribution in [0.2, 0.25) is 5.02 Å². The molecule has 0 spiro atoms. The molecule has 0 aliphatic heterocycles. The molecule has 8 heteroatoms. The van der Waals surface area contributed by atoms with E-state index in [0.29, 0.717) is 22.0 Å². The number of hydrogen-bond donors (Lipinski definition) is 3. The van der Waals surface area contributed by atoms with Gasteiger partial charge in [0.15, 0.2) is 0 Å². The first kappa shape index (κ1) is 31.3. The zero-order chi connectivity index (χ0) is 31.6. The monoisotopic (exact) mass is 631 g/mol. The van der Waals surface area contributed by atoms with E-state index in [0.717, 1.165) is 21.6 Å². The van der Waals surface area contributed by atoms with Crippen LogP contribution in [0.5, 0.6) is 0 Å². The lowest BCUT2D eigenvalue weighted by Gasteiger charge is -2.18. The molecule has 5 aromatic rings. The summed E-state index contributed by atoms with van der Waals surface area (Å²) in [6.07, 6.45) is 1.65. The Kier molecular flexibility index (Phi) is 10.5. The Balaban J connectivity index is 1.37. The van der Waals surface area contributed by atoms with E-state index in [1.807, 2.05) is 79.7 Å². The van der Waals surface area contributed by atoms with Crippen molar-refractivity contribution in [2.24, 2.45) is 0 Å². The van der Waals surface area contributed by atoms with Crippen LogP contribution in [0.25, 0.3) is 6.08 Å². The van der Waals surface area contributed by atoms with Crippen LogP contribution < -0.4 is 16.0 Å². The normalized spacial score (nSPS) is 11.7. The summed E-state index contributed by atoms with van der Waals surface area (Å²) in [5, 5.41) is 8.67. The highest BCUT2D eigenvalue weighted by molar-refractivity contribution is 8.00. The largest absolute Gasteiger partial charge is 0.325 e. The fraction of sp³-hybridized carbons (Fsp3) is 0.0541. The van der Waals surface area contributed by atoms with Crippen LogP contribution in [0.1, 0.15) is 32.3 Å². The predicted molar refractivity (Wildman–Crippen MR) is 183 cm³/mol. The number of aryl methyl sites for hydroxylation is 1. The van der Waals surface area contributed by atoms with E-state index in [1.54, 1.807) is 66.7 Å². The number of nitrogens with one attached hydrogen (secondary N) is 3. The number of rotatable bonds is 10. The lowest BCUT2D eigenvalue weighted by molar-refractivity contribution is -0.116. The van der Waals surface area contributed by atoms with Crippen molar-refractivity contribution in [1.82, 2.24) is 5.32 Å². The standard InChI is InChI=1S/C37H30ClN3O3S/c1-25-10-8-11-26(22-25)23-33(41-35(42)28-14-6-3-7-15-28)36(43)40-31-16-9-17-32(24-31)45-34(27-12-4-2-5-13-27)37(44)39-30-20-18-29(38)19-21-30/h2-24,34H,1H3,(H,39,44)(H,40,43)(H,41,42)/b33-23+. The van der Waals surface area contributed by atoms with Crippen molar-refractivity contribution in [3.63, 3.8) is 0 Å². The third-order valence-corrected chi connectivity index (χ3v) is 8.18. The van der Waals surface area contributed by atoms with Crippen molar-refractivity contribution in [3.8, 4) is 0 Å². The molecule has 5 rings (SSSR count). The summed E-state index contributed by atoms with van der Waals surface area (Å²) >= 11 is 7.37. The minimum absolute atomic E-state index is 0.0945. The minimum Gasteiger partial charge on any atom is -0.325 e. The van der Waals surface area contributed by atoms with E-state index in [1.165, 1.54) is 11.8 Å². The van der Waals surface area contributed by atoms with Gasteiger partial charge >= 0.3 is 0 Å². The van der Waals surface area contributed by atoms with E-state index >= 15 is 0 Å². The topological polar surface area (TPSA) is 87.3 Å². The Bertz CT molecular complexity index is 1830. The fourth-order valence-corrected chi connectivity index (χ4v) is 5.70. The molecule has 1 atom stereocenters. The Labute approximate surface area is 271 Å². The molecular weight excluding hydrogens is 602 g/mol. The lowest BCUT2D eigenvalue weighted by Crippen LogP contribution is -2.30. The van der Waals surface area contributed by atoms with Gasteiger partial charge in [0.1, 0.15) is 10.9 Å². The van der Waals surface area contributed by atoms with Gasteiger partial charge in [-0.05, 0) is 78.7 Å². The van der Waals surface area contributed by atoms with Crippen LogP contribution >= 0.6 is 23.4 Å². The molecule has 3 N–H and O–H groups in total. The van der Waals surface area contributed by atoms with Gasteiger partial charge < -0.3 is 16.0 Å². The first-order valence-electron chi connectivity index (χ1n) is 14.2. The summed E-state index contributed by atoms with van der Waals surface area (Å²) in [7, 11) is 0. The number of benzene rings is 5. The van der Waals surface area contributed by atoms with Crippen molar-refractivity contribution in [3.05, 3.63) is 166 Å². The second kappa shape index (κ2) is 15.1. The van der Waals surface area contributed by atoms with Crippen LogP contribution in [-0.2, 0) is 9.59 Å². The summed E-state index contributed by atoms with van der Waals surface area (Å²) in [6.45, 7) is 1.96. The molecule has 6 nitrogen and oxygen atoms in total. The fourth-order valence-electron chi connectivity index (χ4n) is 4.49. The molecule has 0 bridgehead atoms. The number of carbonyl (C=O) groups excluding carboxylic acids is 3. The van der Waals surface area contributed by atoms with Crippen molar-refractivity contribution >= 4 is 58.5 Å². The second-order valence-electron chi connectivity index (χ2n) is 10.2. The van der Waals surface area contributed by atoms with Gasteiger partial charge in [0.25, 0.3) is 11.8 Å². The number of carbonyl (C=O) groups is 3. The molecular formula is C37H30ClN3O3S. The molecule has 0 aliphatic rings. The molecule has 5 aromatic carbocycles. The maximum atomic E-state index is 13.6. The summed E-state index contributed by atoms with van der Waals surface area (Å²) in [6, 6.07) is 40.1. The SMILES string of the molecule is Cc1cccc(/C=C(/NC(=O)c2ccccc2)C(=O)Nc2cccc(SC(C(=O)Nc3ccc(Cl)cc3)c3ccccc3)c2)c1. The number of thioether (sulfide) groups is 1. The third kappa shape index (κ3) is 8.95. The number of hydrogen-bond acceptors (Lipinski definition) is 4. The summed E-state index contributed by atoms with van der Waals surface area (Å²) < 4.78 is 0. The van der Waals surface area contributed by atoms with Gasteiger partial charge in [-0.3, -0.25) is 14.4 Å². The molecule has 0 heterocycles. The van der Waals surface area contributed by atoms with Crippen LogP contribution in [0, 0.1) is 6.92 Å². The number of anilines is 2. The van der Waals surface area contributed by atoms with Crippen molar-refractivity contribution in [1.29, 1.82) is 0 Å². The van der Waals surface area contributed by atoms with Crippen molar-refractivity contribution in [2.45, 2.75) is 17.1 Å². The number of halogens is 1. The van der Waals surface area contributed by atoms with Gasteiger partial charge in [-0.25, -0.2) is 0 Å². The molecule has 0 fully saturated rings.